The Balaban J connectivity index is 2.73. The third-order valence-electron chi connectivity index (χ3n) is 1.17. The van der Waals surface area contributed by atoms with E-state index in [-0.39, 0.29) is 0 Å². The molecule has 0 atom stereocenters. The standard InChI is InChI=1S/C7H9Br2NO/c1-10(2)4-5-3-6(8)7(9)11-5/h3H,4H2,1-2H3. The molecule has 0 fully saturated rings. The third kappa shape index (κ3) is 2.61. The number of nitrogens with zero attached hydrogens (tertiary/aromatic N) is 1. The van der Waals surface area contributed by atoms with Crippen molar-refractivity contribution < 1.29 is 4.42 Å². The number of halogens is 2. The first-order valence-electron chi connectivity index (χ1n) is 3.18. The van der Waals surface area contributed by atoms with E-state index in [4.69, 9.17) is 4.42 Å². The molecule has 11 heavy (non-hydrogen) atoms. The third-order valence-corrected chi connectivity index (χ3v) is 2.88. The zero-order valence-electron chi connectivity index (χ0n) is 6.40. The lowest BCUT2D eigenvalue weighted by atomic mass is 10.4. The number of hydrogen-bond donors (Lipinski definition) is 0. The summed E-state index contributed by atoms with van der Waals surface area (Å²) < 4.78 is 7.08. The van der Waals surface area contributed by atoms with Gasteiger partial charge in [-0.05, 0) is 52.0 Å². The van der Waals surface area contributed by atoms with Crippen LogP contribution in [0.3, 0.4) is 0 Å². The largest absolute Gasteiger partial charge is 0.452 e. The fourth-order valence-electron chi connectivity index (χ4n) is 0.781. The molecule has 0 saturated carbocycles. The summed E-state index contributed by atoms with van der Waals surface area (Å²) in [4.78, 5) is 2.05. The number of furan rings is 1. The van der Waals surface area contributed by atoms with Crippen LogP contribution in [-0.4, -0.2) is 19.0 Å². The molecule has 0 spiro atoms. The molecule has 1 rings (SSSR count). The fraction of sp³-hybridized carbons (Fsp3) is 0.429. The van der Waals surface area contributed by atoms with E-state index in [9.17, 15) is 0 Å². The Morgan fingerprint density at radius 1 is 1.45 bits per heavy atom. The Kier molecular flexibility index (Phi) is 3.16. The lowest BCUT2D eigenvalue weighted by Crippen LogP contribution is -2.09. The second kappa shape index (κ2) is 3.74. The summed E-state index contributed by atoms with van der Waals surface area (Å²) in [5.74, 6) is 0.953. The highest BCUT2D eigenvalue weighted by molar-refractivity contribution is 9.13. The predicted molar refractivity (Wildman–Crippen MR) is 51.5 cm³/mol. The molecule has 1 aromatic rings. The van der Waals surface area contributed by atoms with E-state index in [1.165, 1.54) is 0 Å². The minimum Gasteiger partial charge on any atom is -0.452 e. The monoisotopic (exact) mass is 281 g/mol. The van der Waals surface area contributed by atoms with Gasteiger partial charge in [0.25, 0.3) is 0 Å². The van der Waals surface area contributed by atoms with E-state index >= 15 is 0 Å². The van der Waals surface area contributed by atoms with E-state index in [1.54, 1.807) is 0 Å². The maximum atomic E-state index is 5.35. The average Bonchev–Trinajstić information content (AvgIpc) is 2.10. The maximum Gasteiger partial charge on any atom is 0.183 e. The molecule has 62 valence electrons. The van der Waals surface area contributed by atoms with Crippen molar-refractivity contribution in [2.45, 2.75) is 6.54 Å². The van der Waals surface area contributed by atoms with Crippen molar-refractivity contribution in [2.24, 2.45) is 0 Å². The quantitative estimate of drug-likeness (QED) is 0.829. The molecule has 2 nitrogen and oxygen atoms in total. The number of rotatable bonds is 2. The van der Waals surface area contributed by atoms with Gasteiger partial charge in [0.2, 0.25) is 0 Å². The van der Waals surface area contributed by atoms with Crippen LogP contribution in [0.25, 0.3) is 0 Å². The summed E-state index contributed by atoms with van der Waals surface area (Å²) in [5.41, 5.74) is 0. The van der Waals surface area contributed by atoms with Crippen molar-refractivity contribution in [3.05, 3.63) is 21.0 Å². The van der Waals surface area contributed by atoms with Crippen LogP contribution in [0.1, 0.15) is 5.76 Å². The van der Waals surface area contributed by atoms with Crippen LogP contribution >= 0.6 is 31.9 Å². The SMILES string of the molecule is CN(C)Cc1cc(Br)c(Br)o1. The molecule has 0 aliphatic heterocycles. The molecule has 0 amide bonds. The van der Waals surface area contributed by atoms with Crippen LogP contribution in [0.15, 0.2) is 19.6 Å². The summed E-state index contributed by atoms with van der Waals surface area (Å²) in [7, 11) is 4.01. The van der Waals surface area contributed by atoms with E-state index in [0.29, 0.717) is 0 Å². The van der Waals surface area contributed by atoms with E-state index < -0.39 is 0 Å². The minimum absolute atomic E-state index is 0.759. The number of hydrogen-bond acceptors (Lipinski definition) is 2. The molecular formula is C7H9Br2NO. The van der Waals surface area contributed by atoms with Gasteiger partial charge >= 0.3 is 0 Å². The van der Waals surface area contributed by atoms with Crippen molar-refractivity contribution in [1.82, 2.24) is 4.90 Å². The summed E-state index contributed by atoms with van der Waals surface area (Å²) in [5, 5.41) is 0. The summed E-state index contributed by atoms with van der Waals surface area (Å²) in [6.07, 6.45) is 0. The summed E-state index contributed by atoms with van der Waals surface area (Å²) in [6.45, 7) is 0.824. The van der Waals surface area contributed by atoms with Gasteiger partial charge in [0.05, 0.1) is 11.0 Å². The molecule has 0 saturated heterocycles. The lowest BCUT2D eigenvalue weighted by Gasteiger charge is -2.04. The Morgan fingerprint density at radius 3 is 2.45 bits per heavy atom. The summed E-state index contributed by atoms with van der Waals surface area (Å²) in [6, 6.07) is 1.96. The van der Waals surface area contributed by atoms with Gasteiger partial charge in [-0.1, -0.05) is 0 Å². The Morgan fingerprint density at radius 2 is 2.09 bits per heavy atom. The highest BCUT2D eigenvalue weighted by Crippen LogP contribution is 2.26. The molecule has 0 aliphatic rings. The molecular weight excluding hydrogens is 274 g/mol. The molecule has 0 bridgehead atoms. The molecule has 0 radical (unpaired) electrons. The summed E-state index contributed by atoms with van der Waals surface area (Å²) >= 11 is 6.62. The smallest absolute Gasteiger partial charge is 0.183 e. The average molecular weight is 283 g/mol. The van der Waals surface area contributed by atoms with Crippen molar-refractivity contribution >= 4 is 31.9 Å². The Hall–Kier alpha value is 0.200. The van der Waals surface area contributed by atoms with Gasteiger partial charge in [-0.3, -0.25) is 0 Å². The van der Waals surface area contributed by atoms with Crippen molar-refractivity contribution in [1.29, 1.82) is 0 Å². The fourth-order valence-corrected chi connectivity index (χ4v) is 1.44. The zero-order chi connectivity index (χ0) is 8.43. The zero-order valence-corrected chi connectivity index (χ0v) is 9.57. The van der Waals surface area contributed by atoms with Crippen LogP contribution in [-0.2, 0) is 6.54 Å². The van der Waals surface area contributed by atoms with Crippen LogP contribution in [0.4, 0.5) is 0 Å². The van der Waals surface area contributed by atoms with Crippen LogP contribution in [0.5, 0.6) is 0 Å². The van der Waals surface area contributed by atoms with Gasteiger partial charge in [0.1, 0.15) is 5.76 Å². The normalized spacial score (nSPS) is 11.0. The first-order chi connectivity index (χ1) is 5.09. The van der Waals surface area contributed by atoms with Crippen LogP contribution in [0, 0.1) is 0 Å². The van der Waals surface area contributed by atoms with Crippen molar-refractivity contribution in [3.8, 4) is 0 Å². The van der Waals surface area contributed by atoms with Gasteiger partial charge in [0.15, 0.2) is 4.67 Å². The molecule has 1 aromatic heterocycles. The van der Waals surface area contributed by atoms with Gasteiger partial charge in [0, 0.05) is 0 Å². The van der Waals surface area contributed by atoms with E-state index in [2.05, 4.69) is 36.8 Å². The van der Waals surface area contributed by atoms with Crippen LogP contribution in [0.2, 0.25) is 0 Å². The molecule has 0 unspecified atom stereocenters. The second-order valence-corrected chi connectivity index (χ2v) is 4.15. The van der Waals surface area contributed by atoms with Gasteiger partial charge in [-0.2, -0.15) is 0 Å². The Labute approximate surface area is 82.8 Å². The van der Waals surface area contributed by atoms with Crippen molar-refractivity contribution in [2.75, 3.05) is 14.1 Å². The predicted octanol–water partition coefficient (Wildman–Crippen LogP) is 2.87. The highest BCUT2D eigenvalue weighted by atomic mass is 79.9. The van der Waals surface area contributed by atoms with Crippen LogP contribution < -0.4 is 0 Å². The first-order valence-corrected chi connectivity index (χ1v) is 4.76. The van der Waals surface area contributed by atoms with Gasteiger partial charge in [-0.25, -0.2) is 0 Å². The topological polar surface area (TPSA) is 16.4 Å². The highest BCUT2D eigenvalue weighted by Gasteiger charge is 2.05. The molecule has 1 heterocycles. The lowest BCUT2D eigenvalue weighted by molar-refractivity contribution is 0.345. The molecule has 0 N–H and O–H groups in total. The second-order valence-electron chi connectivity index (χ2n) is 2.57. The van der Waals surface area contributed by atoms with Crippen molar-refractivity contribution in [3.63, 3.8) is 0 Å². The minimum atomic E-state index is 0.759. The van der Waals surface area contributed by atoms with E-state index in [0.717, 1.165) is 21.4 Å². The molecule has 4 heteroatoms. The Bertz CT molecular complexity index is 225. The molecule has 0 aliphatic carbocycles. The van der Waals surface area contributed by atoms with E-state index in [1.807, 2.05) is 20.2 Å². The molecule has 0 aromatic carbocycles. The first kappa shape index (κ1) is 9.29. The van der Waals surface area contributed by atoms with Gasteiger partial charge in [-0.15, -0.1) is 0 Å². The van der Waals surface area contributed by atoms with Gasteiger partial charge < -0.3 is 9.32 Å². The maximum absolute atomic E-state index is 5.35.